The van der Waals surface area contributed by atoms with E-state index in [1.165, 1.54) is 13.8 Å². The number of ketones is 1. The van der Waals surface area contributed by atoms with Crippen molar-refractivity contribution in [3.05, 3.63) is 33.3 Å². The molecule has 0 spiro atoms. The van der Waals surface area contributed by atoms with E-state index in [4.69, 9.17) is 34.8 Å². The van der Waals surface area contributed by atoms with Gasteiger partial charge in [0.25, 0.3) is 0 Å². The fraction of sp³-hybridized carbons (Fsp3) is 0.222. The van der Waals surface area contributed by atoms with Crippen molar-refractivity contribution in [2.45, 2.75) is 13.8 Å². The smallest absolute Gasteiger partial charge is 0.126 e. The number of hydrogen-bond donors (Lipinski definition) is 0. The number of rotatable bonds is 0. The van der Waals surface area contributed by atoms with Crippen molar-refractivity contribution in [2.24, 2.45) is 0 Å². The minimum absolute atomic E-state index is 0.167. The molecule has 1 rings (SSSR count). The van der Waals surface area contributed by atoms with E-state index in [0.717, 1.165) is 0 Å². The van der Waals surface area contributed by atoms with E-state index in [0.29, 0.717) is 15.1 Å². The normalized spacial score (nSPS) is 8.69. The SMILES string of the molecule is CC(C)=O.Clc1ccc(Cl)c(Cl)c1. The average Bonchev–Trinajstić information content (AvgIpc) is 1.96. The second-order valence-electron chi connectivity index (χ2n) is 2.47. The molecule has 0 aliphatic carbocycles. The van der Waals surface area contributed by atoms with Gasteiger partial charge < -0.3 is 4.79 Å². The molecule has 0 saturated heterocycles. The second-order valence-corrected chi connectivity index (χ2v) is 3.72. The Morgan fingerprint density at radius 3 is 1.85 bits per heavy atom. The van der Waals surface area contributed by atoms with Gasteiger partial charge in [0.05, 0.1) is 10.0 Å². The summed E-state index contributed by atoms with van der Waals surface area (Å²) in [6, 6.07) is 4.95. The highest BCUT2D eigenvalue weighted by molar-refractivity contribution is 6.43. The van der Waals surface area contributed by atoms with Crippen molar-refractivity contribution >= 4 is 40.6 Å². The molecule has 0 radical (unpaired) electrons. The van der Waals surface area contributed by atoms with Crippen LogP contribution in [-0.4, -0.2) is 5.78 Å². The Morgan fingerprint density at radius 1 is 1.08 bits per heavy atom. The molecule has 0 aliphatic rings. The van der Waals surface area contributed by atoms with Gasteiger partial charge in [-0.2, -0.15) is 0 Å². The number of Topliss-reactive ketones (excluding diaryl/α,β-unsaturated/α-hetero) is 1. The lowest BCUT2D eigenvalue weighted by molar-refractivity contribution is -0.114. The van der Waals surface area contributed by atoms with Gasteiger partial charge in [-0.1, -0.05) is 34.8 Å². The Kier molecular flexibility index (Phi) is 6.13. The van der Waals surface area contributed by atoms with Crippen LogP contribution in [-0.2, 0) is 4.79 Å². The Labute approximate surface area is 92.6 Å². The third-order valence-corrected chi connectivity index (χ3v) is 1.86. The van der Waals surface area contributed by atoms with Gasteiger partial charge >= 0.3 is 0 Å². The maximum Gasteiger partial charge on any atom is 0.126 e. The summed E-state index contributed by atoms with van der Waals surface area (Å²) >= 11 is 16.8. The van der Waals surface area contributed by atoms with Crippen LogP contribution in [0.3, 0.4) is 0 Å². The monoisotopic (exact) mass is 238 g/mol. The zero-order valence-corrected chi connectivity index (χ0v) is 9.54. The number of carbonyl (C=O) groups is 1. The molecule has 13 heavy (non-hydrogen) atoms. The first-order valence-electron chi connectivity index (χ1n) is 3.51. The van der Waals surface area contributed by atoms with Crippen LogP contribution in [0.25, 0.3) is 0 Å². The van der Waals surface area contributed by atoms with Gasteiger partial charge in [0.15, 0.2) is 0 Å². The molecular weight excluding hydrogens is 230 g/mol. The van der Waals surface area contributed by atoms with Gasteiger partial charge in [-0.25, -0.2) is 0 Å². The van der Waals surface area contributed by atoms with Crippen LogP contribution < -0.4 is 0 Å². The summed E-state index contributed by atoms with van der Waals surface area (Å²) in [6.45, 7) is 3.06. The van der Waals surface area contributed by atoms with Crippen LogP contribution >= 0.6 is 34.8 Å². The molecule has 0 unspecified atom stereocenters. The molecule has 0 saturated carbocycles. The lowest BCUT2D eigenvalue weighted by Gasteiger charge is -1.92. The van der Waals surface area contributed by atoms with Crippen molar-refractivity contribution in [1.82, 2.24) is 0 Å². The lowest BCUT2D eigenvalue weighted by Crippen LogP contribution is -1.69. The van der Waals surface area contributed by atoms with Crippen molar-refractivity contribution in [3.63, 3.8) is 0 Å². The summed E-state index contributed by atoms with van der Waals surface area (Å²) < 4.78 is 0. The predicted octanol–water partition coefficient (Wildman–Crippen LogP) is 4.24. The third-order valence-electron chi connectivity index (χ3n) is 0.882. The Bertz CT molecular complexity index is 293. The fourth-order valence-corrected chi connectivity index (χ4v) is 0.997. The van der Waals surface area contributed by atoms with Gasteiger partial charge in [0, 0.05) is 5.02 Å². The van der Waals surface area contributed by atoms with E-state index >= 15 is 0 Å². The molecule has 4 heteroatoms. The summed E-state index contributed by atoms with van der Waals surface area (Å²) in [5.74, 6) is 0.167. The number of hydrogen-bond acceptors (Lipinski definition) is 1. The van der Waals surface area contributed by atoms with E-state index in [2.05, 4.69) is 0 Å². The van der Waals surface area contributed by atoms with Gasteiger partial charge in [-0.3, -0.25) is 0 Å². The van der Waals surface area contributed by atoms with Crippen molar-refractivity contribution in [2.75, 3.05) is 0 Å². The van der Waals surface area contributed by atoms with E-state index in [1.807, 2.05) is 0 Å². The Morgan fingerprint density at radius 2 is 1.54 bits per heavy atom. The topological polar surface area (TPSA) is 17.1 Å². The predicted molar refractivity (Wildman–Crippen MR) is 57.8 cm³/mol. The summed E-state index contributed by atoms with van der Waals surface area (Å²) in [6.07, 6.45) is 0. The molecule has 1 aromatic rings. The molecule has 0 bridgehead atoms. The van der Waals surface area contributed by atoms with Crippen LogP contribution in [0.1, 0.15) is 13.8 Å². The molecule has 0 fully saturated rings. The summed E-state index contributed by atoms with van der Waals surface area (Å²) in [7, 11) is 0. The highest BCUT2D eigenvalue weighted by Gasteiger charge is 1.94. The second kappa shape index (κ2) is 6.25. The minimum Gasteiger partial charge on any atom is -0.300 e. The molecule has 1 aromatic carbocycles. The molecule has 72 valence electrons. The number of carbonyl (C=O) groups excluding carboxylic acids is 1. The van der Waals surface area contributed by atoms with Gasteiger partial charge in [-0.05, 0) is 32.0 Å². The quantitative estimate of drug-likeness (QED) is 0.619. The molecule has 0 amide bonds. The number of benzene rings is 1. The van der Waals surface area contributed by atoms with Crippen molar-refractivity contribution in [3.8, 4) is 0 Å². The van der Waals surface area contributed by atoms with Gasteiger partial charge in [0.1, 0.15) is 5.78 Å². The van der Waals surface area contributed by atoms with E-state index in [9.17, 15) is 4.79 Å². The van der Waals surface area contributed by atoms with Gasteiger partial charge in [0.2, 0.25) is 0 Å². The first-order chi connectivity index (χ1) is 5.93. The standard InChI is InChI=1S/C6H3Cl3.C3H6O/c7-4-1-2-5(8)6(9)3-4;1-3(2)4/h1-3H;1-2H3. The van der Waals surface area contributed by atoms with E-state index < -0.39 is 0 Å². The largest absolute Gasteiger partial charge is 0.300 e. The molecule has 1 nitrogen and oxygen atoms in total. The first-order valence-corrected chi connectivity index (χ1v) is 4.64. The summed E-state index contributed by atoms with van der Waals surface area (Å²) in [5, 5.41) is 1.62. The minimum atomic E-state index is 0.167. The van der Waals surface area contributed by atoms with Crippen LogP contribution in [0.2, 0.25) is 15.1 Å². The maximum absolute atomic E-state index is 9.44. The Balaban J connectivity index is 0.000000310. The summed E-state index contributed by atoms with van der Waals surface area (Å²) in [4.78, 5) is 9.44. The molecule has 0 heterocycles. The van der Waals surface area contributed by atoms with Crippen LogP contribution in [0.15, 0.2) is 18.2 Å². The zero-order valence-electron chi connectivity index (χ0n) is 7.27. The number of halogens is 3. The van der Waals surface area contributed by atoms with Crippen LogP contribution in [0, 0.1) is 0 Å². The van der Waals surface area contributed by atoms with E-state index in [1.54, 1.807) is 18.2 Å². The maximum atomic E-state index is 9.44. The van der Waals surface area contributed by atoms with Crippen molar-refractivity contribution in [1.29, 1.82) is 0 Å². The Hall–Kier alpha value is -0.240. The lowest BCUT2D eigenvalue weighted by atomic mass is 10.4. The summed E-state index contributed by atoms with van der Waals surface area (Å²) in [5.41, 5.74) is 0. The average molecular weight is 240 g/mol. The first kappa shape index (κ1) is 12.8. The van der Waals surface area contributed by atoms with Gasteiger partial charge in [-0.15, -0.1) is 0 Å². The third kappa shape index (κ3) is 6.88. The van der Waals surface area contributed by atoms with Crippen molar-refractivity contribution < 1.29 is 4.79 Å². The zero-order chi connectivity index (χ0) is 10.4. The van der Waals surface area contributed by atoms with E-state index in [-0.39, 0.29) is 5.78 Å². The van der Waals surface area contributed by atoms with Crippen LogP contribution in [0.4, 0.5) is 0 Å². The molecule has 0 aliphatic heterocycles. The molecule has 0 aromatic heterocycles. The van der Waals surface area contributed by atoms with Crippen LogP contribution in [0.5, 0.6) is 0 Å². The fourth-order valence-electron chi connectivity index (χ4n) is 0.470. The molecular formula is C9H9Cl3O. The highest BCUT2D eigenvalue weighted by Crippen LogP contribution is 2.24. The highest BCUT2D eigenvalue weighted by atomic mass is 35.5. The molecule has 0 N–H and O–H groups in total. The molecule has 0 atom stereocenters.